The highest BCUT2D eigenvalue weighted by atomic mass is 19.1. The minimum absolute atomic E-state index is 0.0141. The summed E-state index contributed by atoms with van der Waals surface area (Å²) < 4.78 is 19.4. The van der Waals surface area contributed by atoms with E-state index >= 15 is 0 Å². The van der Waals surface area contributed by atoms with Crippen molar-refractivity contribution in [2.24, 2.45) is 11.7 Å². The molecular weight excluding hydrogens is 327 g/mol. The molecule has 0 bridgehead atoms. The molecule has 1 heterocycles. The Hall–Kier alpha value is -2.03. The molecule has 0 spiro atoms. The molecule has 4 N–H and O–H groups in total. The minimum atomic E-state index is -0.607. The smallest absolute Gasteiger partial charge is 0.253 e. The van der Waals surface area contributed by atoms with E-state index in [2.05, 4.69) is 10.6 Å². The van der Waals surface area contributed by atoms with Gasteiger partial charge >= 0.3 is 0 Å². The predicted octanol–water partition coefficient (Wildman–Crippen LogP) is 0.700. The summed E-state index contributed by atoms with van der Waals surface area (Å²) in [6.07, 6.45) is 0. The molecular formula is C17H25FN4O3. The average Bonchev–Trinajstić information content (AvgIpc) is 2.57. The number of hydrogen-bond donors (Lipinski definition) is 3. The molecule has 1 aliphatic rings. The molecule has 138 valence electrons. The Morgan fingerprint density at radius 3 is 2.80 bits per heavy atom. The third-order valence-electron chi connectivity index (χ3n) is 3.83. The van der Waals surface area contributed by atoms with Crippen molar-refractivity contribution in [3.05, 3.63) is 24.0 Å². The molecule has 1 atom stereocenters. The van der Waals surface area contributed by atoms with Crippen LogP contribution in [0.4, 0.5) is 15.8 Å². The lowest BCUT2D eigenvalue weighted by Crippen LogP contribution is -2.47. The Labute approximate surface area is 146 Å². The number of rotatable bonds is 7. The second kappa shape index (κ2) is 8.89. The second-order valence-electron chi connectivity index (χ2n) is 6.34. The first-order chi connectivity index (χ1) is 11.9. The quantitative estimate of drug-likeness (QED) is 0.671. The monoisotopic (exact) mass is 352 g/mol. The van der Waals surface area contributed by atoms with Crippen molar-refractivity contribution in [3.63, 3.8) is 0 Å². The highest BCUT2D eigenvalue weighted by Crippen LogP contribution is 2.23. The molecule has 1 aliphatic heterocycles. The maximum Gasteiger partial charge on any atom is 0.253 e. The number of nitrogens with one attached hydrogen (secondary N) is 2. The highest BCUT2D eigenvalue weighted by Gasteiger charge is 2.22. The fraction of sp³-hybridized carbons (Fsp3) is 0.529. The Morgan fingerprint density at radius 1 is 1.44 bits per heavy atom. The molecule has 1 fully saturated rings. The summed E-state index contributed by atoms with van der Waals surface area (Å²) in [6, 6.07) is 3.68. The van der Waals surface area contributed by atoms with Crippen molar-refractivity contribution in [3.8, 4) is 0 Å². The second-order valence-corrected chi connectivity index (χ2v) is 6.34. The van der Waals surface area contributed by atoms with Gasteiger partial charge in [0.1, 0.15) is 12.4 Å². The van der Waals surface area contributed by atoms with E-state index in [1.165, 1.54) is 17.0 Å². The van der Waals surface area contributed by atoms with E-state index in [9.17, 15) is 14.0 Å². The van der Waals surface area contributed by atoms with Crippen LogP contribution in [-0.2, 0) is 14.3 Å². The van der Waals surface area contributed by atoms with E-state index in [0.29, 0.717) is 31.3 Å². The molecule has 0 radical (unpaired) electrons. The van der Waals surface area contributed by atoms with Gasteiger partial charge in [0.2, 0.25) is 5.91 Å². The number of anilines is 2. The first-order valence-electron chi connectivity index (χ1n) is 8.34. The zero-order chi connectivity index (χ0) is 18.4. The Bertz CT molecular complexity index is 624. The molecule has 2 amide bonds. The summed E-state index contributed by atoms with van der Waals surface area (Å²) in [4.78, 5) is 25.5. The van der Waals surface area contributed by atoms with E-state index in [1.54, 1.807) is 6.07 Å². The molecule has 0 saturated carbocycles. The molecule has 1 aromatic rings. The highest BCUT2D eigenvalue weighted by molar-refractivity contribution is 5.97. The van der Waals surface area contributed by atoms with Gasteiger partial charge in [-0.1, -0.05) is 13.8 Å². The van der Waals surface area contributed by atoms with Crippen LogP contribution in [0, 0.1) is 11.7 Å². The van der Waals surface area contributed by atoms with Crippen LogP contribution < -0.4 is 21.3 Å². The number of hydrogen-bond acceptors (Lipinski definition) is 5. The topological polar surface area (TPSA) is 96.7 Å². The molecule has 25 heavy (non-hydrogen) atoms. The average molecular weight is 352 g/mol. The molecule has 0 aliphatic carbocycles. The van der Waals surface area contributed by atoms with E-state index in [1.807, 2.05) is 13.8 Å². The van der Waals surface area contributed by atoms with Crippen LogP contribution in [-0.4, -0.2) is 50.7 Å². The molecule has 2 rings (SSSR count). The lowest BCUT2D eigenvalue weighted by atomic mass is 10.2. The Morgan fingerprint density at radius 2 is 2.20 bits per heavy atom. The zero-order valence-electron chi connectivity index (χ0n) is 14.5. The van der Waals surface area contributed by atoms with Gasteiger partial charge in [0.25, 0.3) is 5.91 Å². The summed E-state index contributed by atoms with van der Waals surface area (Å²) >= 11 is 0. The summed E-state index contributed by atoms with van der Waals surface area (Å²) in [6.45, 7) is 5.55. The number of carbonyl (C=O) groups is 2. The largest absolute Gasteiger partial charge is 0.370 e. The normalized spacial score (nSPS) is 16.2. The maximum absolute atomic E-state index is 14.3. The van der Waals surface area contributed by atoms with Crippen molar-refractivity contribution >= 4 is 23.2 Å². The van der Waals surface area contributed by atoms with Gasteiger partial charge in [-0.25, -0.2) is 4.39 Å². The van der Waals surface area contributed by atoms with Crippen molar-refractivity contribution in [1.82, 2.24) is 5.32 Å². The van der Waals surface area contributed by atoms with Gasteiger partial charge in [0, 0.05) is 18.8 Å². The summed E-state index contributed by atoms with van der Waals surface area (Å²) in [5.41, 5.74) is 6.11. The van der Waals surface area contributed by atoms with Crippen LogP contribution in [0.2, 0.25) is 0 Å². The lowest BCUT2D eigenvalue weighted by molar-refractivity contribution is -0.125. The number of amides is 2. The van der Waals surface area contributed by atoms with Gasteiger partial charge in [-0.3, -0.25) is 9.59 Å². The predicted molar refractivity (Wildman–Crippen MR) is 93.9 cm³/mol. The fourth-order valence-electron chi connectivity index (χ4n) is 2.45. The number of carbonyl (C=O) groups excluding carboxylic acids is 2. The fourth-order valence-corrected chi connectivity index (χ4v) is 2.45. The van der Waals surface area contributed by atoms with Crippen LogP contribution in [0.3, 0.4) is 0 Å². The number of nitrogens with zero attached hydrogens (tertiary/aromatic N) is 1. The van der Waals surface area contributed by atoms with Crippen LogP contribution in [0.15, 0.2) is 18.2 Å². The van der Waals surface area contributed by atoms with Crippen molar-refractivity contribution in [1.29, 1.82) is 0 Å². The lowest BCUT2D eigenvalue weighted by Gasteiger charge is -2.27. The van der Waals surface area contributed by atoms with Crippen LogP contribution in [0.25, 0.3) is 0 Å². The van der Waals surface area contributed by atoms with E-state index in [-0.39, 0.29) is 24.7 Å². The number of ether oxygens (including phenoxy) is 1. The van der Waals surface area contributed by atoms with Gasteiger partial charge in [-0.05, 0) is 30.7 Å². The van der Waals surface area contributed by atoms with Gasteiger partial charge in [0.15, 0.2) is 0 Å². The zero-order valence-corrected chi connectivity index (χ0v) is 14.5. The van der Waals surface area contributed by atoms with Crippen LogP contribution in [0.5, 0.6) is 0 Å². The molecule has 1 saturated heterocycles. The van der Waals surface area contributed by atoms with Gasteiger partial charge < -0.3 is 26.0 Å². The molecule has 1 aromatic carbocycles. The molecule has 0 aromatic heterocycles. The first kappa shape index (κ1) is 19.3. The van der Waals surface area contributed by atoms with Crippen molar-refractivity contribution < 1.29 is 18.7 Å². The summed E-state index contributed by atoms with van der Waals surface area (Å²) in [5.74, 6) is -0.852. The molecule has 7 nitrogen and oxygen atoms in total. The van der Waals surface area contributed by atoms with E-state index < -0.39 is 17.8 Å². The van der Waals surface area contributed by atoms with E-state index in [0.717, 1.165) is 0 Å². The Balaban J connectivity index is 2.04. The standard InChI is InChI=1S/C17H25FN4O3/c1-11(2)9-20-15(8-19)17(24)21-14-4-3-12(7-13(14)18)22-5-6-25-10-16(22)23/h3-4,7,11,15,20H,5-6,8-10,19H2,1-2H3,(H,21,24)/t15-/m0/s1. The number of nitrogens with two attached hydrogens (primary N) is 1. The third kappa shape index (κ3) is 5.22. The van der Waals surface area contributed by atoms with Gasteiger partial charge in [0.05, 0.1) is 18.3 Å². The third-order valence-corrected chi connectivity index (χ3v) is 3.83. The van der Waals surface area contributed by atoms with Crippen LogP contribution in [0.1, 0.15) is 13.8 Å². The SMILES string of the molecule is CC(C)CN[C@@H](CN)C(=O)Nc1ccc(N2CCOCC2=O)cc1F. The van der Waals surface area contributed by atoms with Crippen molar-refractivity contribution in [2.75, 3.05) is 43.1 Å². The number of halogens is 1. The molecule has 8 heteroatoms. The van der Waals surface area contributed by atoms with Crippen molar-refractivity contribution in [2.45, 2.75) is 19.9 Å². The summed E-state index contributed by atoms with van der Waals surface area (Å²) in [7, 11) is 0. The van der Waals surface area contributed by atoms with Gasteiger partial charge in [-0.2, -0.15) is 0 Å². The Kier molecular flexibility index (Phi) is 6.86. The summed E-state index contributed by atoms with van der Waals surface area (Å²) in [5, 5.41) is 5.59. The van der Waals surface area contributed by atoms with Gasteiger partial charge in [-0.15, -0.1) is 0 Å². The minimum Gasteiger partial charge on any atom is -0.370 e. The number of benzene rings is 1. The molecule has 0 unspecified atom stereocenters. The first-order valence-corrected chi connectivity index (χ1v) is 8.34. The van der Waals surface area contributed by atoms with E-state index in [4.69, 9.17) is 10.5 Å². The van der Waals surface area contributed by atoms with Crippen LogP contribution >= 0.6 is 0 Å². The number of morpholine rings is 1. The maximum atomic E-state index is 14.3.